The Bertz CT molecular complexity index is 2680. The summed E-state index contributed by atoms with van der Waals surface area (Å²) in [6.45, 7) is 0. The van der Waals surface area contributed by atoms with Crippen molar-refractivity contribution in [3.63, 3.8) is 0 Å². The fourth-order valence-corrected chi connectivity index (χ4v) is 11.6. The molecule has 0 atom stereocenters. The lowest BCUT2D eigenvalue weighted by molar-refractivity contribution is -0.263. The SMILES string of the molecule is COc1ccc2c(c1)C(c1ccccc1)(c1ccccc1)OC1(CCC(c3ccccc3)CC1)O2.COc1ccc2c(c1)C(c1ccccc1)(c1ccccc1)OC1(CCC(c3ccccc3)CC1)O2. The Morgan fingerprint density at radius 1 is 0.357 bits per heavy atom. The highest BCUT2D eigenvalue weighted by atomic mass is 16.7. The molecular formula is C64H60O6. The fourth-order valence-electron chi connectivity index (χ4n) is 11.6. The predicted molar refractivity (Wildman–Crippen MR) is 276 cm³/mol. The average Bonchev–Trinajstić information content (AvgIpc) is 3.44. The third-order valence-corrected chi connectivity index (χ3v) is 15.2. The summed E-state index contributed by atoms with van der Waals surface area (Å²) in [6, 6.07) is 76.0. The number of benzene rings is 8. The molecule has 0 unspecified atom stereocenters. The highest BCUT2D eigenvalue weighted by Gasteiger charge is 2.55. The molecule has 2 heterocycles. The van der Waals surface area contributed by atoms with Gasteiger partial charge < -0.3 is 28.4 Å². The third-order valence-electron chi connectivity index (χ3n) is 15.2. The molecule has 0 N–H and O–H groups in total. The molecule has 8 aromatic carbocycles. The van der Waals surface area contributed by atoms with E-state index < -0.39 is 22.8 Å². The summed E-state index contributed by atoms with van der Waals surface area (Å²) in [5.74, 6) is 2.96. The van der Waals surface area contributed by atoms with Crippen LogP contribution in [0, 0.1) is 0 Å². The summed E-state index contributed by atoms with van der Waals surface area (Å²) in [4.78, 5) is 0. The molecule has 2 aliphatic carbocycles. The Morgan fingerprint density at radius 3 is 0.929 bits per heavy atom. The quantitative estimate of drug-likeness (QED) is 0.151. The molecule has 12 rings (SSSR count). The summed E-state index contributed by atoms with van der Waals surface area (Å²) < 4.78 is 39.4. The lowest BCUT2D eigenvalue weighted by Gasteiger charge is -2.51. The molecule has 4 aliphatic rings. The first-order valence-electron chi connectivity index (χ1n) is 24.9. The van der Waals surface area contributed by atoms with Crippen LogP contribution in [0.25, 0.3) is 0 Å². The second-order valence-corrected chi connectivity index (χ2v) is 19.2. The highest BCUT2D eigenvalue weighted by Crippen LogP contribution is 2.57. The van der Waals surface area contributed by atoms with E-state index in [1.54, 1.807) is 14.2 Å². The minimum Gasteiger partial charge on any atom is -0.497 e. The zero-order valence-electron chi connectivity index (χ0n) is 40.0. The topological polar surface area (TPSA) is 55.4 Å². The van der Waals surface area contributed by atoms with Crippen LogP contribution in [0.3, 0.4) is 0 Å². The molecule has 6 nitrogen and oxygen atoms in total. The molecule has 0 saturated heterocycles. The van der Waals surface area contributed by atoms with Crippen LogP contribution < -0.4 is 18.9 Å². The normalized spacial score (nSPS) is 22.7. The number of hydrogen-bond donors (Lipinski definition) is 0. The van der Waals surface area contributed by atoms with Crippen molar-refractivity contribution in [2.24, 2.45) is 0 Å². The zero-order valence-corrected chi connectivity index (χ0v) is 40.0. The molecular weight excluding hydrogens is 865 g/mol. The number of rotatable bonds is 8. The largest absolute Gasteiger partial charge is 0.497 e. The van der Waals surface area contributed by atoms with Gasteiger partial charge in [0.1, 0.15) is 23.0 Å². The van der Waals surface area contributed by atoms with Gasteiger partial charge in [-0.05, 0) is 107 Å². The number of fused-ring (bicyclic) bond motifs is 2. The van der Waals surface area contributed by atoms with E-state index in [0.717, 1.165) is 108 Å². The lowest BCUT2D eigenvalue weighted by Crippen LogP contribution is -2.53. The van der Waals surface area contributed by atoms with E-state index in [1.807, 2.05) is 24.3 Å². The van der Waals surface area contributed by atoms with Crippen LogP contribution in [-0.2, 0) is 20.7 Å². The minimum absolute atomic E-state index is 0.522. The lowest BCUT2D eigenvalue weighted by atomic mass is 9.76. The monoisotopic (exact) mass is 924 g/mol. The molecule has 2 aliphatic heterocycles. The Kier molecular flexibility index (Phi) is 12.5. The smallest absolute Gasteiger partial charge is 0.212 e. The van der Waals surface area contributed by atoms with Crippen molar-refractivity contribution in [3.05, 3.63) is 263 Å². The maximum atomic E-state index is 7.31. The van der Waals surface area contributed by atoms with Gasteiger partial charge in [0, 0.05) is 36.8 Å². The number of methoxy groups -OCH3 is 2. The first-order valence-corrected chi connectivity index (χ1v) is 24.9. The highest BCUT2D eigenvalue weighted by molar-refractivity contribution is 5.58. The van der Waals surface area contributed by atoms with E-state index in [1.165, 1.54) is 11.1 Å². The molecule has 2 spiro atoms. The molecule has 70 heavy (non-hydrogen) atoms. The van der Waals surface area contributed by atoms with E-state index in [4.69, 9.17) is 28.4 Å². The van der Waals surface area contributed by atoms with E-state index >= 15 is 0 Å². The van der Waals surface area contributed by atoms with E-state index in [0.29, 0.717) is 11.8 Å². The number of hydrogen-bond acceptors (Lipinski definition) is 6. The van der Waals surface area contributed by atoms with Gasteiger partial charge in [0.05, 0.1) is 14.2 Å². The Morgan fingerprint density at radius 2 is 0.643 bits per heavy atom. The Balaban J connectivity index is 0.000000152. The first kappa shape index (κ1) is 45.3. The molecule has 0 radical (unpaired) electrons. The van der Waals surface area contributed by atoms with Gasteiger partial charge >= 0.3 is 0 Å². The van der Waals surface area contributed by atoms with Crippen molar-refractivity contribution in [1.29, 1.82) is 0 Å². The van der Waals surface area contributed by atoms with Gasteiger partial charge in [-0.2, -0.15) is 0 Å². The van der Waals surface area contributed by atoms with Gasteiger partial charge in [0.25, 0.3) is 0 Å². The maximum Gasteiger partial charge on any atom is 0.212 e. The van der Waals surface area contributed by atoms with Crippen LogP contribution in [0.15, 0.2) is 218 Å². The second kappa shape index (κ2) is 19.3. The predicted octanol–water partition coefficient (Wildman–Crippen LogP) is 14.9. The van der Waals surface area contributed by atoms with E-state index in [9.17, 15) is 0 Å². The summed E-state index contributed by atoms with van der Waals surface area (Å²) in [5, 5.41) is 0. The Labute approximate surface area is 412 Å². The van der Waals surface area contributed by atoms with Gasteiger partial charge in [0.2, 0.25) is 11.6 Å². The van der Waals surface area contributed by atoms with Gasteiger partial charge in [-0.3, -0.25) is 0 Å². The maximum absolute atomic E-state index is 7.31. The molecule has 6 heteroatoms. The molecule has 2 fully saturated rings. The van der Waals surface area contributed by atoms with Crippen molar-refractivity contribution in [1.82, 2.24) is 0 Å². The van der Waals surface area contributed by atoms with Crippen LogP contribution in [-0.4, -0.2) is 25.8 Å². The van der Waals surface area contributed by atoms with Crippen LogP contribution >= 0.6 is 0 Å². The number of ether oxygens (including phenoxy) is 6. The molecule has 0 amide bonds. The van der Waals surface area contributed by atoms with Gasteiger partial charge in [-0.15, -0.1) is 0 Å². The summed E-state index contributed by atoms with van der Waals surface area (Å²) in [7, 11) is 3.40. The van der Waals surface area contributed by atoms with Crippen LogP contribution in [0.4, 0.5) is 0 Å². The zero-order chi connectivity index (χ0) is 47.4. The van der Waals surface area contributed by atoms with Gasteiger partial charge in [0.15, 0.2) is 11.2 Å². The van der Waals surface area contributed by atoms with Crippen LogP contribution in [0.1, 0.15) is 108 Å². The van der Waals surface area contributed by atoms with Gasteiger partial charge in [-0.25, -0.2) is 0 Å². The van der Waals surface area contributed by atoms with Crippen LogP contribution in [0.5, 0.6) is 23.0 Å². The van der Waals surface area contributed by atoms with Crippen molar-refractivity contribution < 1.29 is 28.4 Å². The molecule has 8 aromatic rings. The second-order valence-electron chi connectivity index (χ2n) is 19.2. The van der Waals surface area contributed by atoms with E-state index in [2.05, 4.69) is 194 Å². The fraction of sp³-hybridized carbons (Fsp3) is 0.250. The Hall–Kier alpha value is -7.12. The van der Waals surface area contributed by atoms with Crippen molar-refractivity contribution >= 4 is 0 Å². The van der Waals surface area contributed by atoms with E-state index in [-0.39, 0.29) is 0 Å². The first-order chi connectivity index (χ1) is 34.4. The summed E-state index contributed by atoms with van der Waals surface area (Å²) in [5.41, 5.74) is 7.52. The molecule has 0 aromatic heterocycles. The average molecular weight is 925 g/mol. The summed E-state index contributed by atoms with van der Waals surface area (Å²) in [6.07, 6.45) is 7.42. The van der Waals surface area contributed by atoms with Crippen molar-refractivity contribution in [3.8, 4) is 23.0 Å². The standard InChI is InChI=1S/2C32H30O3/c2*1-33-28-17-18-30-29(23-28)32(26-13-7-3-8-14-26,27-15-9-4-10-16-27)35-31(34-30)21-19-25(20-22-31)24-11-5-2-6-12-24/h2*2-18,23,25H,19-22H2,1H3. The molecule has 2 saturated carbocycles. The third kappa shape index (κ3) is 8.43. The minimum atomic E-state index is -0.801. The van der Waals surface area contributed by atoms with Crippen molar-refractivity contribution in [2.45, 2.75) is 86.0 Å². The van der Waals surface area contributed by atoms with Crippen LogP contribution in [0.2, 0.25) is 0 Å². The summed E-state index contributed by atoms with van der Waals surface area (Å²) >= 11 is 0. The molecule has 352 valence electrons. The van der Waals surface area contributed by atoms with Gasteiger partial charge in [-0.1, -0.05) is 182 Å². The molecule has 0 bridgehead atoms. The van der Waals surface area contributed by atoms with Crippen molar-refractivity contribution in [2.75, 3.05) is 14.2 Å².